The lowest BCUT2D eigenvalue weighted by atomic mass is 10.0. The van der Waals surface area contributed by atoms with E-state index in [9.17, 15) is 14.4 Å². The number of carbonyl (C=O) groups is 3. The third kappa shape index (κ3) is 3.40. The van der Waals surface area contributed by atoms with Crippen LogP contribution >= 0.6 is 0 Å². The fourth-order valence-electron chi connectivity index (χ4n) is 4.16. The number of hydrogen-bond acceptors (Lipinski definition) is 5. The van der Waals surface area contributed by atoms with Crippen LogP contribution in [0.1, 0.15) is 37.5 Å². The molecule has 0 radical (unpaired) electrons. The smallest absolute Gasteiger partial charge is 0.262 e. The molecule has 8 heteroatoms. The van der Waals surface area contributed by atoms with Crippen LogP contribution in [0.25, 0.3) is 0 Å². The molecule has 31 heavy (non-hydrogen) atoms. The maximum absolute atomic E-state index is 13.4. The second-order valence-electron chi connectivity index (χ2n) is 7.68. The van der Waals surface area contributed by atoms with E-state index < -0.39 is 23.8 Å². The summed E-state index contributed by atoms with van der Waals surface area (Å²) in [5, 5.41) is 13.3. The van der Waals surface area contributed by atoms with Gasteiger partial charge in [-0.1, -0.05) is 42.5 Å². The van der Waals surface area contributed by atoms with Gasteiger partial charge < -0.3 is 10.6 Å². The van der Waals surface area contributed by atoms with E-state index in [1.165, 1.54) is 0 Å². The molecule has 1 atom stereocenters. The van der Waals surface area contributed by atoms with Crippen LogP contribution in [0.2, 0.25) is 0 Å². The number of amides is 3. The maximum atomic E-state index is 13.4. The quantitative estimate of drug-likeness (QED) is 0.552. The van der Waals surface area contributed by atoms with Crippen LogP contribution in [0.3, 0.4) is 0 Å². The molecule has 3 amide bonds. The highest BCUT2D eigenvalue weighted by Gasteiger charge is 2.43. The van der Waals surface area contributed by atoms with E-state index in [0.717, 1.165) is 34.7 Å². The Bertz CT molecular complexity index is 1140. The second kappa shape index (κ2) is 7.81. The van der Waals surface area contributed by atoms with E-state index in [4.69, 9.17) is 0 Å². The van der Waals surface area contributed by atoms with Gasteiger partial charge in [-0.3, -0.25) is 24.4 Å². The zero-order chi connectivity index (χ0) is 21.4. The van der Waals surface area contributed by atoms with Crippen LogP contribution in [0, 0.1) is 0 Å². The third-order valence-corrected chi connectivity index (χ3v) is 5.76. The number of nitrogens with zero attached hydrogens (tertiary/aromatic N) is 2. The summed E-state index contributed by atoms with van der Waals surface area (Å²) >= 11 is 0. The Balaban J connectivity index is 1.48. The Morgan fingerprint density at radius 3 is 2.42 bits per heavy atom. The fourth-order valence-corrected chi connectivity index (χ4v) is 4.16. The molecule has 0 aliphatic carbocycles. The summed E-state index contributed by atoms with van der Waals surface area (Å²) in [5.41, 5.74) is 3.37. The van der Waals surface area contributed by atoms with Gasteiger partial charge in [0.05, 0.1) is 11.1 Å². The van der Waals surface area contributed by atoms with Gasteiger partial charge in [0, 0.05) is 37.2 Å². The van der Waals surface area contributed by atoms with Gasteiger partial charge in [-0.15, -0.1) is 0 Å². The van der Waals surface area contributed by atoms with Gasteiger partial charge in [0.2, 0.25) is 5.91 Å². The van der Waals surface area contributed by atoms with E-state index >= 15 is 0 Å². The Kier molecular flexibility index (Phi) is 4.83. The van der Waals surface area contributed by atoms with E-state index in [1.807, 2.05) is 30.3 Å². The van der Waals surface area contributed by atoms with Gasteiger partial charge in [0.25, 0.3) is 11.8 Å². The molecular formula is C23H21N5O3. The molecule has 0 spiro atoms. The Labute approximate surface area is 178 Å². The molecule has 5 rings (SSSR count). The third-order valence-electron chi connectivity index (χ3n) is 5.76. The van der Waals surface area contributed by atoms with Crippen LogP contribution in [-0.4, -0.2) is 45.4 Å². The number of aromatic nitrogens is 2. The minimum atomic E-state index is -1.00. The molecule has 0 bridgehead atoms. The number of nitrogens with one attached hydrogen (secondary N) is 3. The minimum absolute atomic E-state index is 0.211. The van der Waals surface area contributed by atoms with Crippen LogP contribution < -0.4 is 10.6 Å². The first-order valence-electron chi connectivity index (χ1n) is 10.2. The van der Waals surface area contributed by atoms with Crippen molar-refractivity contribution in [3.05, 3.63) is 82.5 Å². The number of imide groups is 1. The predicted octanol–water partition coefficient (Wildman–Crippen LogP) is 1.90. The number of rotatable bonds is 5. The highest BCUT2D eigenvalue weighted by atomic mass is 16.2. The van der Waals surface area contributed by atoms with Gasteiger partial charge in [-0.25, -0.2) is 0 Å². The van der Waals surface area contributed by atoms with E-state index in [1.54, 1.807) is 24.3 Å². The van der Waals surface area contributed by atoms with Crippen molar-refractivity contribution >= 4 is 23.5 Å². The van der Waals surface area contributed by atoms with Gasteiger partial charge in [-0.05, 0) is 17.7 Å². The van der Waals surface area contributed by atoms with Crippen molar-refractivity contribution in [2.45, 2.75) is 25.4 Å². The first kappa shape index (κ1) is 19.2. The predicted molar refractivity (Wildman–Crippen MR) is 114 cm³/mol. The molecular weight excluding hydrogens is 394 g/mol. The molecule has 2 aliphatic heterocycles. The number of H-pyrrole nitrogens is 1. The van der Waals surface area contributed by atoms with Gasteiger partial charge in [0.1, 0.15) is 6.04 Å². The summed E-state index contributed by atoms with van der Waals surface area (Å²) in [7, 11) is 0. The van der Waals surface area contributed by atoms with Crippen molar-refractivity contribution in [1.29, 1.82) is 0 Å². The van der Waals surface area contributed by atoms with Crippen LogP contribution in [0.5, 0.6) is 0 Å². The SMILES string of the molecule is O=C(Nc1n[nH]c2c1CNCC2)C(Cc1ccccc1)N1C(=O)c2ccccc2C1=O. The molecule has 3 heterocycles. The molecule has 2 aliphatic rings. The van der Waals surface area contributed by atoms with Crippen LogP contribution in [-0.2, 0) is 24.2 Å². The molecule has 3 aromatic rings. The monoisotopic (exact) mass is 415 g/mol. The van der Waals surface area contributed by atoms with Gasteiger partial charge >= 0.3 is 0 Å². The standard InChI is InChI=1S/C23H21N5O3/c29-21(25-20-17-13-24-11-10-18(17)26-27-20)19(12-14-6-2-1-3-7-14)28-22(30)15-8-4-5-9-16(15)23(28)31/h1-9,19,24H,10-13H2,(H2,25,26,27,29). The number of anilines is 1. The average molecular weight is 415 g/mol. The molecule has 3 N–H and O–H groups in total. The lowest BCUT2D eigenvalue weighted by Gasteiger charge is -2.25. The van der Waals surface area contributed by atoms with E-state index in [2.05, 4.69) is 20.8 Å². The Morgan fingerprint density at radius 2 is 1.71 bits per heavy atom. The van der Waals surface area contributed by atoms with Gasteiger partial charge in [-0.2, -0.15) is 5.10 Å². The number of benzene rings is 2. The molecule has 156 valence electrons. The van der Waals surface area contributed by atoms with Crippen LogP contribution in [0.4, 0.5) is 5.82 Å². The largest absolute Gasteiger partial charge is 0.312 e. The summed E-state index contributed by atoms with van der Waals surface area (Å²) in [6.07, 6.45) is 1.01. The first-order valence-corrected chi connectivity index (χ1v) is 10.2. The average Bonchev–Trinajstić information content (AvgIpc) is 3.32. The maximum Gasteiger partial charge on any atom is 0.262 e. The molecule has 0 fully saturated rings. The Hall–Kier alpha value is -3.78. The van der Waals surface area contributed by atoms with Crippen molar-refractivity contribution in [3.8, 4) is 0 Å². The highest BCUT2D eigenvalue weighted by molar-refractivity contribution is 6.23. The lowest BCUT2D eigenvalue weighted by Crippen LogP contribution is -2.48. The molecule has 0 saturated heterocycles. The highest BCUT2D eigenvalue weighted by Crippen LogP contribution is 2.27. The summed E-state index contributed by atoms with van der Waals surface area (Å²) in [5.74, 6) is -0.926. The van der Waals surface area contributed by atoms with Crippen molar-refractivity contribution in [1.82, 2.24) is 20.4 Å². The Morgan fingerprint density at radius 1 is 1.03 bits per heavy atom. The number of aromatic amines is 1. The number of fused-ring (bicyclic) bond motifs is 2. The topological polar surface area (TPSA) is 107 Å². The van der Waals surface area contributed by atoms with Crippen LogP contribution in [0.15, 0.2) is 54.6 Å². The van der Waals surface area contributed by atoms with Crippen molar-refractivity contribution in [2.24, 2.45) is 0 Å². The minimum Gasteiger partial charge on any atom is -0.312 e. The molecule has 2 aromatic carbocycles. The fraction of sp³-hybridized carbons (Fsp3) is 0.217. The first-order chi connectivity index (χ1) is 15.1. The number of hydrogen-bond donors (Lipinski definition) is 3. The van der Waals surface area contributed by atoms with Crippen molar-refractivity contribution in [3.63, 3.8) is 0 Å². The summed E-state index contributed by atoms with van der Waals surface area (Å²) in [6.45, 7) is 1.44. The number of carbonyl (C=O) groups excluding carboxylic acids is 3. The zero-order valence-electron chi connectivity index (χ0n) is 16.7. The molecule has 8 nitrogen and oxygen atoms in total. The van der Waals surface area contributed by atoms with E-state index in [0.29, 0.717) is 23.5 Å². The van der Waals surface area contributed by atoms with Crippen molar-refractivity contribution in [2.75, 3.05) is 11.9 Å². The van der Waals surface area contributed by atoms with E-state index in [-0.39, 0.29) is 6.42 Å². The normalized spacial score (nSPS) is 16.1. The summed E-state index contributed by atoms with van der Waals surface area (Å²) in [4.78, 5) is 40.6. The summed E-state index contributed by atoms with van der Waals surface area (Å²) in [6, 6.07) is 15.0. The molecule has 1 aromatic heterocycles. The molecule has 0 saturated carbocycles. The molecule has 1 unspecified atom stereocenters. The lowest BCUT2D eigenvalue weighted by molar-refractivity contribution is -0.120. The summed E-state index contributed by atoms with van der Waals surface area (Å²) < 4.78 is 0. The van der Waals surface area contributed by atoms with Crippen molar-refractivity contribution < 1.29 is 14.4 Å². The van der Waals surface area contributed by atoms with Gasteiger partial charge in [0.15, 0.2) is 5.82 Å². The zero-order valence-corrected chi connectivity index (χ0v) is 16.7. The second-order valence-corrected chi connectivity index (χ2v) is 7.68.